The predicted octanol–water partition coefficient (Wildman–Crippen LogP) is 1.59. The van der Waals surface area contributed by atoms with Gasteiger partial charge in [-0.15, -0.1) is 0 Å². The van der Waals surface area contributed by atoms with Gasteiger partial charge >= 0.3 is 0 Å². The van der Waals surface area contributed by atoms with Crippen LogP contribution in [0.4, 0.5) is 5.82 Å². The minimum atomic E-state index is -0.185. The van der Waals surface area contributed by atoms with Gasteiger partial charge in [0.25, 0.3) is 0 Å². The smallest absolute Gasteiger partial charge is 0.217 e. The topological polar surface area (TPSA) is 71.2 Å². The molecule has 5 heteroatoms. The molecule has 5 nitrogen and oxygen atoms in total. The Morgan fingerprint density at radius 3 is 2.76 bits per heavy atom. The van der Waals surface area contributed by atoms with E-state index < -0.39 is 0 Å². The molecule has 1 saturated heterocycles. The highest BCUT2D eigenvalue weighted by Gasteiger charge is 2.22. The number of carbonyl (C=O) groups is 1. The first-order chi connectivity index (χ1) is 10.1. The summed E-state index contributed by atoms with van der Waals surface area (Å²) in [6, 6.07) is 2.21. The van der Waals surface area contributed by atoms with E-state index in [0.29, 0.717) is 12.3 Å². The summed E-state index contributed by atoms with van der Waals surface area (Å²) >= 11 is 0. The summed E-state index contributed by atoms with van der Waals surface area (Å²) in [6.45, 7) is 7.97. The Balaban J connectivity index is 1.95. The number of pyridine rings is 1. The Morgan fingerprint density at radius 2 is 2.19 bits per heavy atom. The molecule has 0 saturated carbocycles. The summed E-state index contributed by atoms with van der Waals surface area (Å²) in [5.41, 5.74) is 7.72. The van der Waals surface area contributed by atoms with Crippen LogP contribution in [0.15, 0.2) is 12.3 Å². The molecule has 1 aliphatic rings. The maximum atomic E-state index is 11.0. The highest BCUT2D eigenvalue weighted by Crippen LogP contribution is 2.26. The Bertz CT molecular complexity index is 481. The fraction of sp³-hybridized carbons (Fsp3) is 0.625. The summed E-state index contributed by atoms with van der Waals surface area (Å²) in [4.78, 5) is 17.9. The zero-order chi connectivity index (χ0) is 15.2. The van der Waals surface area contributed by atoms with E-state index in [4.69, 9.17) is 5.73 Å². The van der Waals surface area contributed by atoms with E-state index in [1.165, 1.54) is 11.1 Å². The van der Waals surface area contributed by atoms with Gasteiger partial charge in [0.1, 0.15) is 5.82 Å². The lowest BCUT2D eigenvalue weighted by atomic mass is 9.93. The Hall–Kier alpha value is -1.62. The number of carbonyl (C=O) groups excluding carboxylic acids is 1. The number of amides is 1. The van der Waals surface area contributed by atoms with Crippen molar-refractivity contribution >= 4 is 11.7 Å². The quantitative estimate of drug-likeness (QED) is 0.834. The van der Waals surface area contributed by atoms with Crippen LogP contribution in [0.5, 0.6) is 0 Å². The van der Waals surface area contributed by atoms with Gasteiger partial charge in [-0.3, -0.25) is 4.79 Å². The number of aryl methyl sites for hydroxylation is 1. The molecule has 0 aliphatic carbocycles. The highest BCUT2D eigenvalue weighted by atomic mass is 16.1. The molecule has 0 bridgehead atoms. The SMILES string of the molecule is CCNCc1cnc(N2CCC(CC(N)=O)CC2)c(C)c1. The van der Waals surface area contributed by atoms with Crippen molar-refractivity contribution < 1.29 is 4.79 Å². The highest BCUT2D eigenvalue weighted by molar-refractivity contribution is 5.74. The van der Waals surface area contributed by atoms with Crippen LogP contribution in [-0.2, 0) is 11.3 Å². The van der Waals surface area contributed by atoms with Crippen LogP contribution in [0.3, 0.4) is 0 Å². The predicted molar refractivity (Wildman–Crippen MR) is 85.1 cm³/mol. The van der Waals surface area contributed by atoms with Crippen molar-refractivity contribution in [2.24, 2.45) is 11.7 Å². The molecule has 2 heterocycles. The summed E-state index contributed by atoms with van der Waals surface area (Å²) in [6.07, 6.45) is 4.51. The van der Waals surface area contributed by atoms with E-state index >= 15 is 0 Å². The van der Waals surface area contributed by atoms with Gasteiger partial charge in [-0.1, -0.05) is 6.92 Å². The maximum Gasteiger partial charge on any atom is 0.217 e. The van der Waals surface area contributed by atoms with Crippen molar-refractivity contribution in [3.8, 4) is 0 Å². The van der Waals surface area contributed by atoms with Gasteiger partial charge in [-0.05, 0) is 49.4 Å². The minimum absolute atomic E-state index is 0.185. The lowest BCUT2D eigenvalue weighted by Gasteiger charge is -2.33. The molecule has 0 spiro atoms. The first-order valence-corrected chi connectivity index (χ1v) is 7.79. The zero-order valence-electron chi connectivity index (χ0n) is 13.1. The molecule has 21 heavy (non-hydrogen) atoms. The molecular formula is C16H26N4O. The monoisotopic (exact) mass is 290 g/mol. The average molecular weight is 290 g/mol. The second-order valence-corrected chi connectivity index (χ2v) is 5.87. The van der Waals surface area contributed by atoms with Crippen LogP contribution in [0.1, 0.15) is 37.3 Å². The minimum Gasteiger partial charge on any atom is -0.370 e. The molecular weight excluding hydrogens is 264 g/mol. The van der Waals surface area contributed by atoms with Crippen LogP contribution in [0.25, 0.3) is 0 Å². The van der Waals surface area contributed by atoms with Gasteiger partial charge in [0.05, 0.1) is 0 Å². The normalized spacial score (nSPS) is 16.2. The molecule has 1 amide bonds. The zero-order valence-corrected chi connectivity index (χ0v) is 13.1. The van der Waals surface area contributed by atoms with E-state index in [1.54, 1.807) is 0 Å². The third-order valence-corrected chi connectivity index (χ3v) is 4.09. The summed E-state index contributed by atoms with van der Waals surface area (Å²) in [7, 11) is 0. The second-order valence-electron chi connectivity index (χ2n) is 5.87. The van der Waals surface area contributed by atoms with E-state index in [2.05, 4.69) is 35.1 Å². The average Bonchev–Trinajstić information content (AvgIpc) is 2.46. The number of piperidine rings is 1. The Morgan fingerprint density at radius 1 is 1.48 bits per heavy atom. The van der Waals surface area contributed by atoms with Gasteiger partial charge in [0.2, 0.25) is 5.91 Å². The maximum absolute atomic E-state index is 11.0. The number of anilines is 1. The van der Waals surface area contributed by atoms with Crippen molar-refractivity contribution in [3.05, 3.63) is 23.4 Å². The van der Waals surface area contributed by atoms with Gasteiger partial charge in [0, 0.05) is 32.3 Å². The number of nitrogens with two attached hydrogens (primary N) is 1. The van der Waals surface area contributed by atoms with Gasteiger partial charge < -0.3 is 16.0 Å². The molecule has 1 aromatic rings. The largest absolute Gasteiger partial charge is 0.370 e. The van der Waals surface area contributed by atoms with Crippen LogP contribution in [-0.4, -0.2) is 30.5 Å². The standard InChI is InChI=1S/C16H26N4O/c1-3-18-10-14-8-12(2)16(19-11-14)20-6-4-13(5-7-20)9-15(17)21/h8,11,13,18H,3-7,9-10H2,1-2H3,(H2,17,21). The molecule has 3 N–H and O–H groups in total. The molecule has 0 atom stereocenters. The second kappa shape index (κ2) is 7.41. The van der Waals surface area contributed by atoms with Crippen molar-refractivity contribution in [1.82, 2.24) is 10.3 Å². The molecule has 0 radical (unpaired) electrons. The van der Waals surface area contributed by atoms with Crippen LogP contribution < -0.4 is 16.0 Å². The first-order valence-electron chi connectivity index (χ1n) is 7.79. The number of rotatable bonds is 6. The van der Waals surface area contributed by atoms with Crippen molar-refractivity contribution in [1.29, 1.82) is 0 Å². The van der Waals surface area contributed by atoms with Crippen LogP contribution in [0.2, 0.25) is 0 Å². The number of primary amides is 1. The Kier molecular flexibility index (Phi) is 5.56. The first kappa shape index (κ1) is 15.8. The number of hydrogen-bond donors (Lipinski definition) is 2. The van der Waals surface area contributed by atoms with Crippen molar-refractivity contribution in [3.63, 3.8) is 0 Å². The van der Waals surface area contributed by atoms with Crippen LogP contribution in [0, 0.1) is 12.8 Å². The fourth-order valence-corrected chi connectivity index (χ4v) is 2.96. The van der Waals surface area contributed by atoms with Gasteiger partial charge in [-0.25, -0.2) is 4.98 Å². The van der Waals surface area contributed by atoms with E-state index in [0.717, 1.165) is 44.8 Å². The molecule has 0 unspecified atom stereocenters. The number of nitrogens with zero attached hydrogens (tertiary/aromatic N) is 2. The Labute approximate surface area is 126 Å². The molecule has 1 aromatic heterocycles. The number of hydrogen-bond acceptors (Lipinski definition) is 4. The summed E-state index contributed by atoms with van der Waals surface area (Å²) in [5, 5.41) is 3.32. The van der Waals surface area contributed by atoms with Crippen LogP contribution >= 0.6 is 0 Å². The summed E-state index contributed by atoms with van der Waals surface area (Å²) < 4.78 is 0. The fourth-order valence-electron chi connectivity index (χ4n) is 2.96. The van der Waals surface area contributed by atoms with Gasteiger partial charge in [-0.2, -0.15) is 0 Å². The van der Waals surface area contributed by atoms with E-state index in [-0.39, 0.29) is 5.91 Å². The van der Waals surface area contributed by atoms with Crippen molar-refractivity contribution in [2.75, 3.05) is 24.5 Å². The van der Waals surface area contributed by atoms with Gasteiger partial charge in [0.15, 0.2) is 0 Å². The third kappa shape index (κ3) is 4.43. The molecule has 1 aliphatic heterocycles. The number of aromatic nitrogens is 1. The molecule has 0 aromatic carbocycles. The molecule has 116 valence electrons. The molecule has 2 rings (SSSR count). The lowest BCUT2D eigenvalue weighted by Crippen LogP contribution is -2.36. The third-order valence-electron chi connectivity index (χ3n) is 4.09. The van der Waals surface area contributed by atoms with E-state index in [9.17, 15) is 4.79 Å². The summed E-state index contributed by atoms with van der Waals surface area (Å²) in [5.74, 6) is 1.33. The van der Waals surface area contributed by atoms with E-state index in [1.807, 2.05) is 6.20 Å². The van der Waals surface area contributed by atoms with Crippen molar-refractivity contribution in [2.45, 2.75) is 39.7 Å². The molecule has 1 fully saturated rings. The lowest BCUT2D eigenvalue weighted by molar-refractivity contribution is -0.119. The number of nitrogens with one attached hydrogen (secondary N) is 1.